The van der Waals surface area contributed by atoms with Crippen LogP contribution in [0.2, 0.25) is 0 Å². The number of nitrogens with zero attached hydrogens (tertiary/aromatic N) is 6. The number of benzene rings is 23. The van der Waals surface area contributed by atoms with E-state index in [2.05, 4.69) is 550 Å². The number of hydrogen-bond donors (Lipinski definition) is 0. The number of para-hydroxylation sites is 6. The van der Waals surface area contributed by atoms with Gasteiger partial charge in [0.1, 0.15) is 0 Å². The summed E-state index contributed by atoms with van der Waals surface area (Å²) >= 11 is 0. The molecule has 23 aromatic carbocycles. The average Bonchev–Trinajstić information content (AvgIpc) is 1.73. The standard InChI is InChI=1S/2C46H30N2.C40H26N2/c1-3-14-31(15-4-1)44-36-21-7-9-23-38(36)45(39-24-10-8-22-37(39)44)32-16-13-19-34(30-32)48-43-25-12-11-20-35(43)40-26-27-42-41(46(40)48)28-29-47(42)33-17-5-2-6-18-33;1-3-13-31(14-4-1)44-36-18-7-9-20-38(36)45(39-21-10-8-19-37(39)44)32-23-25-34(26-24-32)48-43-22-12-11-17-35(43)40-27-28-42-41(46(40)48)29-30-47(42)33-15-5-2-6-16-33;1-2-12-30(13-3-1)41-25-24-36-37(41)23-22-35-34-16-8-9-17-38(34)42(40(35)36)31-20-18-27(19-21-31)39-32-14-6-4-10-28(32)26-29-11-5-7-15-33(29)39/h2*1-30H;1-26H. The molecule has 0 N–H and O–H groups in total. The summed E-state index contributed by atoms with van der Waals surface area (Å²) in [5.74, 6) is 0. The Hall–Kier alpha value is -18.4. The van der Waals surface area contributed by atoms with E-state index in [-0.39, 0.29) is 0 Å². The van der Waals surface area contributed by atoms with Crippen LogP contribution in [0, 0.1) is 0 Å². The zero-order valence-electron chi connectivity index (χ0n) is 75.3. The van der Waals surface area contributed by atoms with E-state index in [1.807, 2.05) is 0 Å². The van der Waals surface area contributed by atoms with Crippen molar-refractivity contribution in [3.8, 4) is 89.8 Å². The van der Waals surface area contributed by atoms with E-state index in [1.54, 1.807) is 0 Å². The Morgan fingerprint density at radius 3 is 0.681 bits per heavy atom. The summed E-state index contributed by atoms with van der Waals surface area (Å²) in [5, 5.41) is 26.5. The molecule has 0 aliphatic rings. The fraction of sp³-hybridized carbons (Fsp3) is 0. The third kappa shape index (κ3) is 12.9. The van der Waals surface area contributed by atoms with E-state index >= 15 is 0 Å². The molecule has 0 unspecified atom stereocenters. The maximum atomic E-state index is 2.47. The molecule has 29 rings (SSSR count). The molecule has 29 aromatic rings. The largest absolute Gasteiger partial charge is 0.316 e. The Balaban J connectivity index is 0.000000105. The predicted molar refractivity (Wildman–Crippen MR) is 585 cm³/mol. The van der Waals surface area contributed by atoms with Gasteiger partial charge >= 0.3 is 0 Å². The minimum Gasteiger partial charge on any atom is -0.316 e. The van der Waals surface area contributed by atoms with Gasteiger partial charge in [-0.2, -0.15) is 0 Å². The van der Waals surface area contributed by atoms with Crippen molar-refractivity contribution < 1.29 is 0 Å². The first-order valence-corrected chi connectivity index (χ1v) is 47.5. The molecular formula is C132H86N6. The van der Waals surface area contributed by atoms with E-state index in [4.69, 9.17) is 0 Å². The normalized spacial score (nSPS) is 11.8. The first-order chi connectivity index (χ1) is 68.5. The molecule has 0 saturated heterocycles. The number of hydrogen-bond acceptors (Lipinski definition) is 0. The van der Waals surface area contributed by atoms with Gasteiger partial charge in [-0.25, -0.2) is 0 Å². The fourth-order valence-corrected chi connectivity index (χ4v) is 22.7. The summed E-state index contributed by atoms with van der Waals surface area (Å²) in [6.07, 6.45) is 6.58. The quantitative estimate of drug-likeness (QED) is 0.116. The van der Waals surface area contributed by atoms with Gasteiger partial charge in [-0.05, 0) is 254 Å². The SMILES string of the molecule is c1ccc(-c2c3ccccc3c(-c3ccc(-n4c5ccccc5c5ccc6c(ccn6-c6ccccc6)c54)cc3)c3ccccc23)cc1.c1ccc(-c2c3ccccc3c(-c3cccc(-n4c5ccccc5c5ccc6c(ccn6-c6ccccc6)c54)c3)c3ccccc23)cc1.c1ccc(-n2ccc3c2ccc2c4ccccc4n(-c4ccc(-c5c6ccccc6cc6ccccc56)cc4)c23)cc1. The summed E-state index contributed by atoms with van der Waals surface area (Å²) in [7, 11) is 0. The van der Waals surface area contributed by atoms with Gasteiger partial charge in [0.05, 0.1) is 49.7 Å². The van der Waals surface area contributed by atoms with Gasteiger partial charge in [0, 0.05) is 101 Å². The monoisotopic (exact) mass is 1750 g/mol. The van der Waals surface area contributed by atoms with Gasteiger partial charge in [-0.1, -0.05) is 370 Å². The Kier molecular flexibility index (Phi) is 18.9. The second-order valence-electron chi connectivity index (χ2n) is 36.1. The van der Waals surface area contributed by atoms with Crippen LogP contribution in [-0.2, 0) is 0 Å². The molecule has 0 amide bonds. The molecule has 0 saturated carbocycles. The van der Waals surface area contributed by atoms with Gasteiger partial charge in [0.25, 0.3) is 0 Å². The second-order valence-corrected chi connectivity index (χ2v) is 36.1. The summed E-state index contributed by atoms with van der Waals surface area (Å²) in [6.45, 7) is 0. The third-order valence-electron chi connectivity index (χ3n) is 28.6. The van der Waals surface area contributed by atoms with E-state index in [0.29, 0.717) is 0 Å². The fourth-order valence-electron chi connectivity index (χ4n) is 22.7. The zero-order valence-corrected chi connectivity index (χ0v) is 75.3. The molecule has 0 aliphatic carbocycles. The highest BCUT2D eigenvalue weighted by Gasteiger charge is 2.26. The van der Waals surface area contributed by atoms with Crippen molar-refractivity contribution in [1.29, 1.82) is 0 Å². The Morgan fingerprint density at radius 1 is 0.116 bits per heavy atom. The third-order valence-corrected chi connectivity index (χ3v) is 28.6. The number of rotatable bonds is 11. The molecule has 0 bridgehead atoms. The maximum absolute atomic E-state index is 2.47. The number of aromatic nitrogens is 6. The Bertz CT molecular complexity index is 9680. The van der Waals surface area contributed by atoms with Crippen LogP contribution in [0.15, 0.2) is 522 Å². The zero-order chi connectivity index (χ0) is 90.8. The molecule has 0 atom stereocenters. The van der Waals surface area contributed by atoms with Crippen molar-refractivity contribution in [2.45, 2.75) is 0 Å². The van der Waals surface area contributed by atoms with Crippen molar-refractivity contribution in [3.63, 3.8) is 0 Å². The van der Waals surface area contributed by atoms with Gasteiger partial charge in [0.2, 0.25) is 0 Å². The molecule has 6 aromatic heterocycles. The molecule has 0 aliphatic heterocycles. The highest BCUT2D eigenvalue weighted by atomic mass is 15.0. The first kappa shape index (κ1) is 79.4. The molecule has 0 fully saturated rings. The lowest BCUT2D eigenvalue weighted by atomic mass is 9.86. The average molecular weight is 1760 g/mol. The van der Waals surface area contributed by atoms with Crippen LogP contribution >= 0.6 is 0 Å². The van der Waals surface area contributed by atoms with Crippen LogP contribution in [0.1, 0.15) is 0 Å². The summed E-state index contributed by atoms with van der Waals surface area (Å²) in [6, 6.07) is 183. The van der Waals surface area contributed by atoms with Crippen LogP contribution in [0.25, 0.3) is 253 Å². The molecule has 0 spiro atoms. The van der Waals surface area contributed by atoms with E-state index in [1.165, 1.54) is 224 Å². The topological polar surface area (TPSA) is 29.6 Å². The smallest absolute Gasteiger partial charge is 0.0635 e. The Morgan fingerprint density at radius 2 is 0.355 bits per heavy atom. The van der Waals surface area contributed by atoms with Crippen LogP contribution in [0.5, 0.6) is 0 Å². The van der Waals surface area contributed by atoms with Crippen LogP contribution < -0.4 is 0 Å². The van der Waals surface area contributed by atoms with Crippen molar-refractivity contribution in [1.82, 2.24) is 27.4 Å². The molecule has 644 valence electrons. The van der Waals surface area contributed by atoms with Gasteiger partial charge in [-0.3, -0.25) is 0 Å². The number of fused-ring (bicyclic) bond motifs is 21. The Labute approximate surface area is 796 Å². The highest BCUT2D eigenvalue weighted by molar-refractivity contribution is 6.26. The highest BCUT2D eigenvalue weighted by Crippen LogP contribution is 2.50. The van der Waals surface area contributed by atoms with Gasteiger partial charge in [-0.15, -0.1) is 0 Å². The summed E-state index contributed by atoms with van der Waals surface area (Å²) in [4.78, 5) is 0. The minimum absolute atomic E-state index is 1.15. The predicted octanol–water partition coefficient (Wildman–Crippen LogP) is 35.4. The molecule has 0 radical (unpaired) electrons. The maximum Gasteiger partial charge on any atom is 0.0635 e. The van der Waals surface area contributed by atoms with Crippen molar-refractivity contribution in [3.05, 3.63) is 522 Å². The second kappa shape index (κ2) is 32.8. The first-order valence-electron chi connectivity index (χ1n) is 47.5. The molecule has 138 heavy (non-hydrogen) atoms. The van der Waals surface area contributed by atoms with Crippen LogP contribution in [-0.4, -0.2) is 27.4 Å². The van der Waals surface area contributed by atoms with E-state index in [0.717, 1.165) is 28.4 Å². The molecule has 6 heterocycles. The van der Waals surface area contributed by atoms with Crippen molar-refractivity contribution >= 4 is 163 Å². The van der Waals surface area contributed by atoms with Crippen molar-refractivity contribution in [2.75, 3.05) is 0 Å². The van der Waals surface area contributed by atoms with E-state index < -0.39 is 0 Å². The van der Waals surface area contributed by atoms with Gasteiger partial charge < -0.3 is 27.4 Å². The van der Waals surface area contributed by atoms with E-state index in [9.17, 15) is 0 Å². The molecule has 6 heteroatoms. The van der Waals surface area contributed by atoms with Crippen LogP contribution in [0.4, 0.5) is 0 Å². The molecule has 6 nitrogen and oxygen atoms in total. The lowest BCUT2D eigenvalue weighted by Crippen LogP contribution is -1.96. The lowest BCUT2D eigenvalue weighted by molar-refractivity contribution is 1.13. The molecular weight excluding hydrogens is 1670 g/mol. The minimum atomic E-state index is 1.15. The lowest BCUT2D eigenvalue weighted by Gasteiger charge is -2.18. The van der Waals surface area contributed by atoms with Gasteiger partial charge in [0.15, 0.2) is 0 Å². The van der Waals surface area contributed by atoms with Crippen molar-refractivity contribution in [2.24, 2.45) is 0 Å². The summed E-state index contributed by atoms with van der Waals surface area (Å²) in [5.41, 5.74) is 30.4. The summed E-state index contributed by atoms with van der Waals surface area (Å²) < 4.78 is 14.2. The van der Waals surface area contributed by atoms with Crippen LogP contribution in [0.3, 0.4) is 0 Å².